The highest BCUT2D eigenvalue weighted by Gasteiger charge is 2.22. The minimum Gasteiger partial charge on any atom is -0.356 e. The third kappa shape index (κ3) is 9.46. The molecule has 0 aromatic carbocycles. The lowest BCUT2D eigenvalue weighted by atomic mass is 9.80. The molecule has 0 spiro atoms. The summed E-state index contributed by atoms with van der Waals surface area (Å²) >= 11 is 0. The van der Waals surface area contributed by atoms with Crippen molar-refractivity contribution < 1.29 is 4.79 Å². The zero-order chi connectivity index (χ0) is 14.0. The summed E-state index contributed by atoms with van der Waals surface area (Å²) in [5.41, 5.74) is 5.64. The Morgan fingerprint density at radius 3 is 2.22 bits per heavy atom. The molecule has 3 heteroatoms. The molecule has 0 saturated heterocycles. The molecule has 0 rings (SSSR count). The second kappa shape index (κ2) is 9.37. The van der Waals surface area contributed by atoms with Gasteiger partial charge in [-0.2, -0.15) is 0 Å². The molecule has 0 aliphatic heterocycles. The maximum atomic E-state index is 11.7. The molecule has 0 saturated carbocycles. The molecule has 1 amide bonds. The highest BCUT2D eigenvalue weighted by molar-refractivity contribution is 5.76. The summed E-state index contributed by atoms with van der Waals surface area (Å²) in [5, 5.41) is 3.01. The van der Waals surface area contributed by atoms with E-state index in [1.54, 1.807) is 0 Å². The molecule has 0 aliphatic rings. The monoisotopic (exact) mass is 256 g/mol. The topological polar surface area (TPSA) is 55.1 Å². The van der Waals surface area contributed by atoms with E-state index in [0.29, 0.717) is 12.3 Å². The van der Waals surface area contributed by atoms with Crippen molar-refractivity contribution >= 4 is 5.91 Å². The molecule has 0 unspecified atom stereocenters. The van der Waals surface area contributed by atoms with Crippen LogP contribution in [0.3, 0.4) is 0 Å². The number of nitrogens with two attached hydrogens (primary N) is 1. The number of carbonyl (C=O) groups excluding carboxylic acids is 1. The van der Waals surface area contributed by atoms with Gasteiger partial charge in [0.2, 0.25) is 5.91 Å². The van der Waals surface area contributed by atoms with Crippen LogP contribution in [0.15, 0.2) is 0 Å². The zero-order valence-electron chi connectivity index (χ0n) is 12.7. The zero-order valence-corrected chi connectivity index (χ0v) is 12.7. The lowest BCUT2D eigenvalue weighted by Crippen LogP contribution is -2.29. The Morgan fingerprint density at radius 1 is 1.11 bits per heavy atom. The van der Waals surface area contributed by atoms with Crippen molar-refractivity contribution in [3.05, 3.63) is 0 Å². The Hall–Kier alpha value is -0.570. The van der Waals surface area contributed by atoms with Gasteiger partial charge in [-0.05, 0) is 30.7 Å². The fraction of sp³-hybridized carbons (Fsp3) is 0.933. The first-order chi connectivity index (χ1) is 8.38. The fourth-order valence-electron chi connectivity index (χ4n) is 1.68. The van der Waals surface area contributed by atoms with E-state index in [-0.39, 0.29) is 11.3 Å². The maximum absolute atomic E-state index is 11.7. The van der Waals surface area contributed by atoms with E-state index in [2.05, 4.69) is 33.0 Å². The average molecular weight is 256 g/mol. The molecule has 3 N–H and O–H groups in total. The van der Waals surface area contributed by atoms with Gasteiger partial charge in [-0.3, -0.25) is 4.79 Å². The number of rotatable bonds is 9. The Labute approximate surface area is 113 Å². The summed E-state index contributed by atoms with van der Waals surface area (Å²) in [6, 6.07) is 0. The van der Waals surface area contributed by atoms with Gasteiger partial charge in [-0.25, -0.2) is 0 Å². The summed E-state index contributed by atoms with van der Waals surface area (Å²) in [7, 11) is 0. The molecule has 108 valence electrons. The van der Waals surface area contributed by atoms with E-state index in [4.69, 9.17) is 5.73 Å². The quantitative estimate of drug-likeness (QED) is 0.623. The molecule has 0 bridgehead atoms. The minimum atomic E-state index is 0.194. The number of nitrogens with one attached hydrogen (secondary N) is 1. The fourth-order valence-corrected chi connectivity index (χ4v) is 1.68. The first kappa shape index (κ1) is 17.4. The van der Waals surface area contributed by atoms with Gasteiger partial charge in [-0.15, -0.1) is 0 Å². The molecular weight excluding hydrogens is 224 g/mol. The largest absolute Gasteiger partial charge is 0.356 e. The molecule has 0 aromatic rings. The van der Waals surface area contributed by atoms with Crippen LogP contribution in [0, 0.1) is 11.3 Å². The molecule has 3 nitrogen and oxygen atoms in total. The maximum Gasteiger partial charge on any atom is 0.220 e. The van der Waals surface area contributed by atoms with Gasteiger partial charge < -0.3 is 11.1 Å². The van der Waals surface area contributed by atoms with Crippen LogP contribution in [0.2, 0.25) is 0 Å². The predicted octanol–water partition coefficient (Wildman–Crippen LogP) is 3.08. The second-order valence-corrected chi connectivity index (χ2v) is 6.38. The average Bonchev–Trinajstić information content (AvgIpc) is 2.26. The van der Waals surface area contributed by atoms with Crippen LogP contribution in [-0.2, 0) is 4.79 Å². The van der Waals surface area contributed by atoms with Crippen molar-refractivity contribution in [3.63, 3.8) is 0 Å². The molecule has 0 aliphatic carbocycles. The van der Waals surface area contributed by atoms with Gasteiger partial charge in [0.25, 0.3) is 0 Å². The van der Waals surface area contributed by atoms with Crippen molar-refractivity contribution in [2.75, 3.05) is 13.1 Å². The van der Waals surface area contributed by atoms with Crippen molar-refractivity contribution in [1.29, 1.82) is 0 Å². The van der Waals surface area contributed by atoms with Crippen LogP contribution in [0.25, 0.3) is 0 Å². The molecule has 1 atom stereocenters. The SMILES string of the molecule is C[C@@H](CC(=O)NCCCCCCCN)C(C)(C)C. The number of carbonyl (C=O) groups is 1. The highest BCUT2D eigenvalue weighted by atomic mass is 16.1. The van der Waals surface area contributed by atoms with Gasteiger partial charge in [0.1, 0.15) is 0 Å². The lowest BCUT2D eigenvalue weighted by molar-refractivity contribution is -0.122. The normalized spacial score (nSPS) is 13.4. The van der Waals surface area contributed by atoms with Crippen LogP contribution in [0.1, 0.15) is 66.2 Å². The Balaban J connectivity index is 3.48. The number of hydrogen-bond acceptors (Lipinski definition) is 2. The van der Waals surface area contributed by atoms with Gasteiger partial charge in [0, 0.05) is 13.0 Å². The van der Waals surface area contributed by atoms with Crippen LogP contribution < -0.4 is 11.1 Å². The van der Waals surface area contributed by atoms with E-state index < -0.39 is 0 Å². The Morgan fingerprint density at radius 2 is 1.67 bits per heavy atom. The molecule has 0 fully saturated rings. The van der Waals surface area contributed by atoms with Gasteiger partial charge in [0.15, 0.2) is 0 Å². The van der Waals surface area contributed by atoms with E-state index >= 15 is 0 Å². The second-order valence-electron chi connectivity index (χ2n) is 6.38. The van der Waals surface area contributed by atoms with Crippen molar-refractivity contribution in [3.8, 4) is 0 Å². The van der Waals surface area contributed by atoms with E-state index in [1.165, 1.54) is 19.3 Å². The van der Waals surface area contributed by atoms with Crippen molar-refractivity contribution in [1.82, 2.24) is 5.32 Å². The molecule has 18 heavy (non-hydrogen) atoms. The smallest absolute Gasteiger partial charge is 0.220 e. The molecule has 0 heterocycles. The van der Waals surface area contributed by atoms with Gasteiger partial charge in [-0.1, -0.05) is 47.0 Å². The number of amides is 1. The van der Waals surface area contributed by atoms with Crippen molar-refractivity contribution in [2.24, 2.45) is 17.1 Å². The summed E-state index contributed by atoms with van der Waals surface area (Å²) < 4.78 is 0. The predicted molar refractivity (Wildman–Crippen MR) is 78.4 cm³/mol. The first-order valence-corrected chi connectivity index (χ1v) is 7.34. The van der Waals surface area contributed by atoms with Crippen LogP contribution in [-0.4, -0.2) is 19.0 Å². The van der Waals surface area contributed by atoms with Gasteiger partial charge in [0.05, 0.1) is 0 Å². The van der Waals surface area contributed by atoms with Crippen molar-refractivity contribution in [2.45, 2.75) is 66.2 Å². The summed E-state index contributed by atoms with van der Waals surface area (Å²) in [5.74, 6) is 0.612. The highest BCUT2D eigenvalue weighted by Crippen LogP contribution is 2.27. The van der Waals surface area contributed by atoms with Crippen LogP contribution >= 0.6 is 0 Å². The Bertz CT molecular complexity index is 221. The Kier molecular flexibility index (Phi) is 9.08. The van der Waals surface area contributed by atoms with Crippen LogP contribution in [0.4, 0.5) is 0 Å². The summed E-state index contributed by atoms with van der Waals surface area (Å²) in [4.78, 5) is 11.7. The van der Waals surface area contributed by atoms with E-state index in [1.807, 2.05) is 0 Å². The van der Waals surface area contributed by atoms with E-state index in [9.17, 15) is 4.79 Å². The first-order valence-electron chi connectivity index (χ1n) is 7.34. The van der Waals surface area contributed by atoms with Crippen LogP contribution in [0.5, 0.6) is 0 Å². The standard InChI is InChI=1S/C15H32N2O/c1-13(15(2,3)4)12-14(18)17-11-9-7-5-6-8-10-16/h13H,5-12,16H2,1-4H3,(H,17,18)/t13-/m0/s1. The molecular formula is C15H32N2O. The number of unbranched alkanes of at least 4 members (excludes halogenated alkanes) is 4. The third-order valence-corrected chi connectivity index (χ3v) is 3.67. The minimum absolute atomic E-state index is 0.194. The lowest BCUT2D eigenvalue weighted by Gasteiger charge is -2.26. The summed E-state index contributed by atoms with van der Waals surface area (Å²) in [6.07, 6.45) is 6.47. The number of hydrogen-bond donors (Lipinski definition) is 2. The molecule has 0 radical (unpaired) electrons. The third-order valence-electron chi connectivity index (χ3n) is 3.67. The summed E-state index contributed by atoms with van der Waals surface area (Å²) in [6.45, 7) is 10.3. The van der Waals surface area contributed by atoms with E-state index in [0.717, 1.165) is 25.9 Å². The molecule has 0 aromatic heterocycles. The van der Waals surface area contributed by atoms with Gasteiger partial charge >= 0.3 is 0 Å².